The van der Waals surface area contributed by atoms with Gasteiger partial charge in [0.1, 0.15) is 0 Å². The summed E-state index contributed by atoms with van der Waals surface area (Å²) in [5.74, 6) is 0. The predicted octanol–water partition coefficient (Wildman–Crippen LogP) is 0.528. The molecule has 1 heterocycles. The van der Waals surface area contributed by atoms with Gasteiger partial charge >= 0.3 is 0 Å². The first kappa shape index (κ1) is 9.65. The molecule has 0 saturated carbocycles. The highest BCUT2D eigenvalue weighted by Gasteiger charge is 2.11. The van der Waals surface area contributed by atoms with Crippen molar-refractivity contribution in [3.05, 3.63) is 0 Å². The SMILES string of the molecule is CC1CNCCN1C.I. The fraction of sp³-hybridized carbons (Fsp3) is 1.00. The second-order valence-electron chi connectivity index (χ2n) is 2.53. The molecule has 1 aliphatic heterocycles. The van der Waals surface area contributed by atoms with Crippen molar-refractivity contribution < 1.29 is 0 Å². The van der Waals surface area contributed by atoms with Crippen molar-refractivity contribution in [1.29, 1.82) is 0 Å². The number of halogens is 1. The van der Waals surface area contributed by atoms with E-state index in [1.807, 2.05) is 0 Å². The number of nitrogens with one attached hydrogen (secondary N) is 1. The summed E-state index contributed by atoms with van der Waals surface area (Å²) in [6, 6.07) is 0.726. The number of likely N-dealkylation sites (N-methyl/N-ethyl adjacent to an activating group) is 1. The molecule has 56 valence electrons. The van der Waals surface area contributed by atoms with Crippen LogP contribution in [-0.4, -0.2) is 37.6 Å². The fourth-order valence-electron chi connectivity index (χ4n) is 0.943. The molecule has 1 unspecified atom stereocenters. The quantitative estimate of drug-likeness (QED) is 0.623. The minimum atomic E-state index is 0. The van der Waals surface area contributed by atoms with Crippen LogP contribution in [0.15, 0.2) is 0 Å². The van der Waals surface area contributed by atoms with E-state index in [0.29, 0.717) is 0 Å². The minimum absolute atomic E-state index is 0. The van der Waals surface area contributed by atoms with E-state index < -0.39 is 0 Å². The van der Waals surface area contributed by atoms with Crippen molar-refractivity contribution >= 4 is 24.0 Å². The molecule has 0 bridgehead atoms. The van der Waals surface area contributed by atoms with Gasteiger partial charge in [0.2, 0.25) is 0 Å². The van der Waals surface area contributed by atoms with Crippen molar-refractivity contribution in [1.82, 2.24) is 10.2 Å². The van der Waals surface area contributed by atoms with Crippen molar-refractivity contribution in [2.24, 2.45) is 0 Å². The third kappa shape index (κ3) is 2.82. The van der Waals surface area contributed by atoms with Gasteiger partial charge in [0.15, 0.2) is 0 Å². The summed E-state index contributed by atoms with van der Waals surface area (Å²) in [7, 11) is 2.17. The molecule has 1 saturated heterocycles. The van der Waals surface area contributed by atoms with Crippen LogP contribution in [0, 0.1) is 0 Å². The monoisotopic (exact) mass is 242 g/mol. The third-order valence-electron chi connectivity index (χ3n) is 1.83. The van der Waals surface area contributed by atoms with Crippen LogP contribution in [-0.2, 0) is 0 Å². The van der Waals surface area contributed by atoms with Gasteiger partial charge in [-0.25, -0.2) is 0 Å². The van der Waals surface area contributed by atoms with Crippen LogP contribution in [0.5, 0.6) is 0 Å². The first-order valence-corrected chi connectivity index (χ1v) is 3.21. The van der Waals surface area contributed by atoms with Gasteiger partial charge in [-0.1, -0.05) is 0 Å². The van der Waals surface area contributed by atoms with Crippen molar-refractivity contribution in [3.63, 3.8) is 0 Å². The van der Waals surface area contributed by atoms with Crippen LogP contribution in [0.1, 0.15) is 6.92 Å². The van der Waals surface area contributed by atoms with Gasteiger partial charge in [0.25, 0.3) is 0 Å². The normalized spacial score (nSPS) is 29.3. The number of hydrogen-bond donors (Lipinski definition) is 1. The molecule has 1 fully saturated rings. The van der Waals surface area contributed by atoms with Crippen LogP contribution in [0.3, 0.4) is 0 Å². The summed E-state index contributed by atoms with van der Waals surface area (Å²) in [4.78, 5) is 2.37. The van der Waals surface area contributed by atoms with E-state index in [1.165, 1.54) is 6.54 Å². The van der Waals surface area contributed by atoms with Crippen LogP contribution in [0.2, 0.25) is 0 Å². The van der Waals surface area contributed by atoms with Crippen LogP contribution >= 0.6 is 24.0 Å². The van der Waals surface area contributed by atoms with Crippen LogP contribution < -0.4 is 5.32 Å². The molecular formula is C6H15IN2. The lowest BCUT2D eigenvalue weighted by molar-refractivity contribution is 0.215. The molecule has 0 aromatic heterocycles. The van der Waals surface area contributed by atoms with E-state index in [9.17, 15) is 0 Å². The van der Waals surface area contributed by atoms with E-state index in [4.69, 9.17) is 0 Å². The average Bonchev–Trinajstić information content (AvgIpc) is 1.77. The topological polar surface area (TPSA) is 15.3 Å². The second kappa shape index (κ2) is 4.46. The molecule has 0 spiro atoms. The van der Waals surface area contributed by atoms with Crippen LogP contribution in [0.25, 0.3) is 0 Å². The smallest absolute Gasteiger partial charge is 0.0189 e. The molecule has 0 radical (unpaired) electrons. The summed E-state index contributed by atoms with van der Waals surface area (Å²) in [5, 5.41) is 3.32. The third-order valence-corrected chi connectivity index (χ3v) is 1.83. The largest absolute Gasteiger partial charge is 0.314 e. The molecule has 1 aliphatic rings. The first-order valence-electron chi connectivity index (χ1n) is 3.21. The Kier molecular flexibility index (Phi) is 4.79. The van der Waals surface area contributed by atoms with Gasteiger partial charge in [-0.05, 0) is 14.0 Å². The highest BCUT2D eigenvalue weighted by atomic mass is 127. The maximum Gasteiger partial charge on any atom is 0.0189 e. The van der Waals surface area contributed by atoms with Gasteiger partial charge in [0, 0.05) is 25.7 Å². The van der Waals surface area contributed by atoms with Crippen molar-refractivity contribution in [2.75, 3.05) is 26.7 Å². The Morgan fingerprint density at radius 2 is 2.22 bits per heavy atom. The van der Waals surface area contributed by atoms with Gasteiger partial charge < -0.3 is 10.2 Å². The standard InChI is InChI=1S/C6H14N2.HI/c1-6-5-7-3-4-8(6)2;/h6-7H,3-5H2,1-2H3;1H. The van der Waals surface area contributed by atoms with E-state index >= 15 is 0 Å². The Morgan fingerprint density at radius 3 is 2.56 bits per heavy atom. The first-order chi connectivity index (χ1) is 3.80. The predicted molar refractivity (Wildman–Crippen MR) is 50.4 cm³/mol. The lowest BCUT2D eigenvalue weighted by Crippen LogP contribution is -2.47. The summed E-state index contributed by atoms with van der Waals surface area (Å²) in [6.45, 7) is 5.74. The number of piperazine rings is 1. The summed E-state index contributed by atoms with van der Waals surface area (Å²) in [5.41, 5.74) is 0. The van der Waals surface area contributed by atoms with E-state index in [-0.39, 0.29) is 24.0 Å². The Bertz CT molecular complexity index is 67.5. The number of nitrogens with zero attached hydrogens (tertiary/aromatic N) is 1. The molecule has 1 atom stereocenters. The lowest BCUT2D eigenvalue weighted by atomic mass is 10.2. The van der Waals surface area contributed by atoms with Gasteiger partial charge in [-0.2, -0.15) is 0 Å². The summed E-state index contributed by atoms with van der Waals surface area (Å²) in [6.07, 6.45) is 0. The zero-order valence-electron chi connectivity index (χ0n) is 6.05. The molecule has 1 N–H and O–H groups in total. The molecule has 2 nitrogen and oxygen atoms in total. The molecule has 0 aliphatic carbocycles. The zero-order valence-corrected chi connectivity index (χ0v) is 8.38. The second-order valence-corrected chi connectivity index (χ2v) is 2.53. The Hall–Kier alpha value is 0.650. The molecule has 0 aromatic carbocycles. The Morgan fingerprint density at radius 1 is 1.56 bits per heavy atom. The Labute approximate surface area is 74.0 Å². The molecular weight excluding hydrogens is 227 g/mol. The van der Waals surface area contributed by atoms with E-state index in [0.717, 1.165) is 19.1 Å². The maximum atomic E-state index is 3.32. The van der Waals surface area contributed by atoms with E-state index in [2.05, 4.69) is 24.2 Å². The van der Waals surface area contributed by atoms with Gasteiger partial charge in [0.05, 0.1) is 0 Å². The van der Waals surface area contributed by atoms with Crippen molar-refractivity contribution in [2.45, 2.75) is 13.0 Å². The lowest BCUT2D eigenvalue weighted by Gasteiger charge is -2.29. The highest BCUT2D eigenvalue weighted by molar-refractivity contribution is 14.0. The fourth-order valence-corrected chi connectivity index (χ4v) is 0.943. The number of rotatable bonds is 0. The minimum Gasteiger partial charge on any atom is -0.314 e. The highest BCUT2D eigenvalue weighted by Crippen LogP contribution is 1.95. The molecule has 0 aromatic rings. The maximum absolute atomic E-state index is 3.32. The van der Waals surface area contributed by atoms with Gasteiger partial charge in [-0.15, -0.1) is 24.0 Å². The Balaban J connectivity index is 0.000000640. The van der Waals surface area contributed by atoms with Crippen LogP contribution in [0.4, 0.5) is 0 Å². The van der Waals surface area contributed by atoms with Gasteiger partial charge in [-0.3, -0.25) is 0 Å². The summed E-state index contributed by atoms with van der Waals surface area (Å²) >= 11 is 0. The van der Waals surface area contributed by atoms with Crippen molar-refractivity contribution in [3.8, 4) is 0 Å². The molecule has 9 heavy (non-hydrogen) atoms. The average molecular weight is 242 g/mol. The molecule has 0 amide bonds. The zero-order chi connectivity index (χ0) is 5.98. The summed E-state index contributed by atoms with van der Waals surface area (Å²) < 4.78 is 0. The van der Waals surface area contributed by atoms with E-state index in [1.54, 1.807) is 0 Å². The molecule has 3 heteroatoms. The molecule has 1 rings (SSSR count). The number of hydrogen-bond acceptors (Lipinski definition) is 2.